The summed E-state index contributed by atoms with van der Waals surface area (Å²) in [5, 5.41) is 0.570. The SMILES string of the molecule is O=C(c1ccc(F)c(F)c1)N1CCN(CCc2nc3ccccc3c(=O)[nH]2)CC1. The van der Waals surface area contributed by atoms with E-state index in [4.69, 9.17) is 0 Å². The summed E-state index contributed by atoms with van der Waals surface area (Å²) in [5.41, 5.74) is 0.677. The minimum Gasteiger partial charge on any atom is -0.336 e. The zero-order valence-electron chi connectivity index (χ0n) is 15.7. The second kappa shape index (κ2) is 8.08. The standard InChI is InChI=1S/C21H20F2N4O2/c22-16-6-5-14(13-17(16)23)21(29)27-11-9-26(10-12-27)8-7-19-24-18-4-2-1-3-15(18)20(28)25-19/h1-6,13H,7-12H2,(H,24,25,28). The number of hydrogen-bond donors (Lipinski definition) is 1. The van der Waals surface area contributed by atoms with E-state index < -0.39 is 11.6 Å². The molecule has 0 bridgehead atoms. The summed E-state index contributed by atoms with van der Waals surface area (Å²) < 4.78 is 26.4. The van der Waals surface area contributed by atoms with Crippen LogP contribution in [0, 0.1) is 11.6 Å². The fraction of sp³-hybridized carbons (Fsp3) is 0.286. The second-order valence-corrected chi connectivity index (χ2v) is 7.04. The van der Waals surface area contributed by atoms with Gasteiger partial charge in [0.15, 0.2) is 11.6 Å². The van der Waals surface area contributed by atoms with Crippen molar-refractivity contribution in [2.45, 2.75) is 6.42 Å². The molecule has 2 aromatic carbocycles. The van der Waals surface area contributed by atoms with Crippen molar-refractivity contribution in [3.8, 4) is 0 Å². The summed E-state index contributed by atoms with van der Waals surface area (Å²) in [6.07, 6.45) is 0.594. The summed E-state index contributed by atoms with van der Waals surface area (Å²) in [7, 11) is 0. The first kappa shape index (κ1) is 19.2. The molecular formula is C21H20F2N4O2. The molecule has 0 aliphatic carbocycles. The third kappa shape index (κ3) is 4.17. The number of para-hydroxylation sites is 1. The zero-order valence-corrected chi connectivity index (χ0v) is 15.7. The molecule has 0 atom stereocenters. The van der Waals surface area contributed by atoms with Crippen molar-refractivity contribution in [3.05, 3.63) is 75.8 Å². The van der Waals surface area contributed by atoms with Gasteiger partial charge in [-0.1, -0.05) is 12.1 Å². The molecule has 2 heterocycles. The lowest BCUT2D eigenvalue weighted by Gasteiger charge is -2.34. The lowest BCUT2D eigenvalue weighted by molar-refractivity contribution is 0.0637. The summed E-state index contributed by atoms with van der Waals surface area (Å²) in [4.78, 5) is 35.8. The van der Waals surface area contributed by atoms with Gasteiger partial charge in [0, 0.05) is 44.7 Å². The number of carbonyl (C=O) groups excluding carboxylic acids is 1. The maximum absolute atomic E-state index is 13.4. The molecule has 0 saturated carbocycles. The molecule has 1 aliphatic heterocycles. The number of fused-ring (bicyclic) bond motifs is 1. The van der Waals surface area contributed by atoms with E-state index >= 15 is 0 Å². The van der Waals surface area contributed by atoms with Gasteiger partial charge in [0.1, 0.15) is 5.82 Å². The Balaban J connectivity index is 1.34. The number of benzene rings is 2. The molecule has 1 aliphatic rings. The number of H-pyrrole nitrogens is 1. The number of rotatable bonds is 4. The largest absolute Gasteiger partial charge is 0.336 e. The van der Waals surface area contributed by atoms with Gasteiger partial charge in [-0.25, -0.2) is 13.8 Å². The van der Waals surface area contributed by atoms with Gasteiger partial charge in [0.2, 0.25) is 0 Å². The van der Waals surface area contributed by atoms with E-state index in [2.05, 4.69) is 14.9 Å². The van der Waals surface area contributed by atoms with Gasteiger partial charge in [-0.2, -0.15) is 0 Å². The average molecular weight is 398 g/mol. The van der Waals surface area contributed by atoms with E-state index in [1.54, 1.807) is 17.0 Å². The van der Waals surface area contributed by atoms with Crippen LogP contribution in [0.3, 0.4) is 0 Å². The van der Waals surface area contributed by atoms with Gasteiger partial charge in [0.25, 0.3) is 11.5 Å². The predicted molar refractivity (Wildman–Crippen MR) is 105 cm³/mol. The van der Waals surface area contributed by atoms with Crippen molar-refractivity contribution >= 4 is 16.8 Å². The van der Waals surface area contributed by atoms with Crippen molar-refractivity contribution in [2.75, 3.05) is 32.7 Å². The quantitative estimate of drug-likeness (QED) is 0.732. The normalized spacial score (nSPS) is 15.0. The number of nitrogens with zero attached hydrogens (tertiary/aromatic N) is 3. The molecule has 6 nitrogen and oxygen atoms in total. The van der Waals surface area contributed by atoms with Crippen LogP contribution in [0.25, 0.3) is 10.9 Å². The summed E-state index contributed by atoms with van der Waals surface area (Å²) in [6, 6.07) is 10.4. The Kier molecular flexibility index (Phi) is 5.35. The van der Waals surface area contributed by atoms with Gasteiger partial charge in [0.05, 0.1) is 10.9 Å². The molecule has 1 aromatic heterocycles. The molecule has 8 heteroatoms. The van der Waals surface area contributed by atoms with E-state index in [1.165, 1.54) is 6.07 Å². The minimum absolute atomic E-state index is 0.146. The van der Waals surface area contributed by atoms with Crippen LogP contribution in [-0.4, -0.2) is 58.4 Å². The number of carbonyl (C=O) groups is 1. The molecular weight excluding hydrogens is 378 g/mol. The third-order valence-corrected chi connectivity index (χ3v) is 5.15. The zero-order chi connectivity index (χ0) is 20.4. The molecule has 29 heavy (non-hydrogen) atoms. The van der Waals surface area contributed by atoms with Crippen LogP contribution >= 0.6 is 0 Å². The highest BCUT2D eigenvalue weighted by atomic mass is 19.2. The Bertz CT molecular complexity index is 1110. The van der Waals surface area contributed by atoms with Crippen LogP contribution in [0.5, 0.6) is 0 Å². The molecule has 3 aromatic rings. The van der Waals surface area contributed by atoms with Crippen molar-refractivity contribution in [1.82, 2.24) is 19.8 Å². The van der Waals surface area contributed by atoms with Crippen LogP contribution in [0.4, 0.5) is 8.78 Å². The second-order valence-electron chi connectivity index (χ2n) is 7.04. The lowest BCUT2D eigenvalue weighted by Crippen LogP contribution is -2.49. The number of halogens is 2. The molecule has 1 N–H and O–H groups in total. The van der Waals surface area contributed by atoms with Gasteiger partial charge in [-0.15, -0.1) is 0 Å². The van der Waals surface area contributed by atoms with E-state index in [9.17, 15) is 18.4 Å². The summed E-state index contributed by atoms with van der Waals surface area (Å²) >= 11 is 0. The average Bonchev–Trinajstić information content (AvgIpc) is 2.74. The van der Waals surface area contributed by atoms with Gasteiger partial charge >= 0.3 is 0 Å². The number of piperazine rings is 1. The third-order valence-electron chi connectivity index (χ3n) is 5.15. The smallest absolute Gasteiger partial charge is 0.258 e. The summed E-state index contributed by atoms with van der Waals surface area (Å²) in [5.74, 6) is -1.66. The molecule has 150 valence electrons. The molecule has 1 saturated heterocycles. The van der Waals surface area contributed by atoms with Crippen LogP contribution < -0.4 is 5.56 Å². The topological polar surface area (TPSA) is 69.3 Å². The van der Waals surface area contributed by atoms with Crippen molar-refractivity contribution < 1.29 is 13.6 Å². The first-order valence-corrected chi connectivity index (χ1v) is 9.46. The highest BCUT2D eigenvalue weighted by Gasteiger charge is 2.23. The molecule has 1 amide bonds. The van der Waals surface area contributed by atoms with Crippen LogP contribution in [0.1, 0.15) is 16.2 Å². The Morgan fingerprint density at radius 3 is 2.55 bits per heavy atom. The highest BCUT2D eigenvalue weighted by Crippen LogP contribution is 2.13. The van der Waals surface area contributed by atoms with E-state index in [-0.39, 0.29) is 17.0 Å². The Morgan fingerprint density at radius 2 is 1.79 bits per heavy atom. The number of nitrogens with one attached hydrogen (secondary N) is 1. The highest BCUT2D eigenvalue weighted by molar-refractivity contribution is 5.94. The number of aromatic amines is 1. The maximum atomic E-state index is 13.4. The predicted octanol–water partition coefficient (Wildman–Crippen LogP) is 2.20. The molecule has 0 radical (unpaired) electrons. The van der Waals surface area contributed by atoms with E-state index in [1.807, 2.05) is 12.1 Å². The first-order chi connectivity index (χ1) is 14.0. The van der Waals surface area contributed by atoms with E-state index in [0.717, 1.165) is 12.1 Å². The van der Waals surface area contributed by atoms with Crippen molar-refractivity contribution in [1.29, 1.82) is 0 Å². The first-order valence-electron chi connectivity index (χ1n) is 9.46. The van der Waals surface area contributed by atoms with Crippen LogP contribution in [-0.2, 0) is 6.42 Å². The van der Waals surface area contributed by atoms with Gasteiger partial charge in [-0.05, 0) is 30.3 Å². The van der Waals surface area contributed by atoms with Crippen molar-refractivity contribution in [3.63, 3.8) is 0 Å². The number of hydrogen-bond acceptors (Lipinski definition) is 4. The summed E-state index contributed by atoms with van der Waals surface area (Å²) in [6.45, 7) is 3.02. The number of aromatic nitrogens is 2. The van der Waals surface area contributed by atoms with Crippen molar-refractivity contribution in [2.24, 2.45) is 0 Å². The molecule has 0 spiro atoms. The fourth-order valence-corrected chi connectivity index (χ4v) is 3.50. The maximum Gasteiger partial charge on any atom is 0.258 e. The molecule has 1 fully saturated rings. The minimum atomic E-state index is -1.02. The number of amides is 1. The Labute approximate surface area is 165 Å². The Hall–Kier alpha value is -3.13. The van der Waals surface area contributed by atoms with Crippen LogP contribution in [0.2, 0.25) is 0 Å². The van der Waals surface area contributed by atoms with E-state index in [0.29, 0.717) is 55.9 Å². The molecule has 0 unspecified atom stereocenters. The van der Waals surface area contributed by atoms with Gasteiger partial charge in [-0.3, -0.25) is 14.5 Å². The Morgan fingerprint density at radius 1 is 1.03 bits per heavy atom. The van der Waals surface area contributed by atoms with Crippen LogP contribution in [0.15, 0.2) is 47.3 Å². The monoisotopic (exact) mass is 398 g/mol. The van der Waals surface area contributed by atoms with Gasteiger partial charge < -0.3 is 9.88 Å². The fourth-order valence-electron chi connectivity index (χ4n) is 3.50. The lowest BCUT2D eigenvalue weighted by atomic mass is 10.1. The molecule has 4 rings (SSSR count).